The molecule has 0 bridgehead atoms. The molecule has 0 aliphatic carbocycles. The number of anilines is 3. The minimum Gasteiger partial charge on any atom is -0.494 e. The van der Waals surface area contributed by atoms with Crippen molar-refractivity contribution in [3.05, 3.63) is 48.5 Å². The predicted molar refractivity (Wildman–Crippen MR) is 152 cm³/mol. The van der Waals surface area contributed by atoms with Gasteiger partial charge >= 0.3 is 0 Å². The smallest absolute Gasteiger partial charge is 0.119 e. The molecule has 0 radical (unpaired) electrons. The lowest BCUT2D eigenvalue weighted by atomic mass is 10.2. The summed E-state index contributed by atoms with van der Waals surface area (Å²) in [6.07, 6.45) is 1.15. The van der Waals surface area contributed by atoms with Crippen molar-refractivity contribution in [3.8, 4) is 5.75 Å². The molecule has 4 heteroatoms. The Morgan fingerprint density at radius 1 is 0.697 bits per heavy atom. The molecule has 2 N–H and O–H groups in total. The van der Waals surface area contributed by atoms with Crippen molar-refractivity contribution in [2.75, 3.05) is 48.3 Å². The Balaban J connectivity index is 0. The average molecular weight is 460 g/mol. The minimum absolute atomic E-state index is 0.708. The Hall–Kier alpha value is -2.36. The molecule has 1 aliphatic rings. The van der Waals surface area contributed by atoms with E-state index in [0.717, 1.165) is 50.0 Å². The summed E-state index contributed by atoms with van der Waals surface area (Å²) in [4.78, 5) is 4.89. The van der Waals surface area contributed by atoms with Crippen LogP contribution < -0.4 is 20.3 Å². The van der Waals surface area contributed by atoms with E-state index in [1.165, 1.54) is 11.4 Å². The van der Waals surface area contributed by atoms with Gasteiger partial charge in [-0.2, -0.15) is 0 Å². The van der Waals surface area contributed by atoms with Crippen molar-refractivity contribution in [1.82, 2.24) is 0 Å². The number of rotatable bonds is 4. The molecule has 190 valence electrons. The summed E-state index contributed by atoms with van der Waals surface area (Å²) in [5.41, 5.74) is 9.13. The van der Waals surface area contributed by atoms with Gasteiger partial charge in [0.25, 0.3) is 0 Å². The van der Waals surface area contributed by atoms with Crippen molar-refractivity contribution >= 4 is 17.1 Å². The van der Waals surface area contributed by atoms with Gasteiger partial charge in [-0.1, -0.05) is 62.3 Å². The van der Waals surface area contributed by atoms with Crippen LogP contribution in [0.25, 0.3) is 0 Å². The van der Waals surface area contributed by atoms with Crippen LogP contribution in [-0.2, 0) is 0 Å². The molecule has 1 aliphatic heterocycles. The van der Waals surface area contributed by atoms with Crippen LogP contribution in [0.5, 0.6) is 5.75 Å². The molecule has 1 saturated heterocycles. The first-order valence-corrected chi connectivity index (χ1v) is 13.1. The van der Waals surface area contributed by atoms with Crippen LogP contribution in [0.15, 0.2) is 48.5 Å². The van der Waals surface area contributed by atoms with E-state index in [0.29, 0.717) is 6.61 Å². The predicted octanol–water partition coefficient (Wildman–Crippen LogP) is 8.13. The van der Waals surface area contributed by atoms with Gasteiger partial charge in [0, 0.05) is 43.2 Å². The van der Waals surface area contributed by atoms with Crippen LogP contribution in [-0.4, -0.2) is 32.8 Å². The monoisotopic (exact) mass is 459 g/mol. The molecule has 1 heterocycles. The van der Waals surface area contributed by atoms with Crippen molar-refractivity contribution < 1.29 is 4.74 Å². The third-order valence-electron chi connectivity index (χ3n) is 4.27. The number of hydrogen-bond donors (Lipinski definition) is 1. The maximum absolute atomic E-state index is 5.78. The SMILES string of the molecule is CC.CC.CC.CC(C)C.CCOc1ccc(N2CCCN(c3ccc(N)cc3)CC2)cc1. The molecular formula is C29H53N3O. The first-order valence-electron chi connectivity index (χ1n) is 13.1. The highest BCUT2D eigenvalue weighted by Gasteiger charge is 2.15. The fourth-order valence-corrected chi connectivity index (χ4v) is 3.04. The average Bonchev–Trinajstić information content (AvgIpc) is 3.10. The summed E-state index contributed by atoms with van der Waals surface area (Å²) >= 11 is 0. The van der Waals surface area contributed by atoms with E-state index >= 15 is 0 Å². The van der Waals surface area contributed by atoms with Crippen molar-refractivity contribution in [3.63, 3.8) is 0 Å². The van der Waals surface area contributed by atoms with Crippen LogP contribution in [0.3, 0.4) is 0 Å². The molecule has 0 saturated carbocycles. The van der Waals surface area contributed by atoms with Gasteiger partial charge in [0.15, 0.2) is 0 Å². The molecular weight excluding hydrogens is 406 g/mol. The topological polar surface area (TPSA) is 41.7 Å². The third-order valence-corrected chi connectivity index (χ3v) is 4.27. The van der Waals surface area contributed by atoms with Crippen molar-refractivity contribution in [2.24, 2.45) is 5.92 Å². The normalized spacial score (nSPS) is 12.3. The Morgan fingerprint density at radius 2 is 1.06 bits per heavy atom. The van der Waals surface area contributed by atoms with E-state index in [9.17, 15) is 0 Å². The fourth-order valence-electron chi connectivity index (χ4n) is 3.04. The van der Waals surface area contributed by atoms with Crippen LogP contribution in [0, 0.1) is 5.92 Å². The number of ether oxygens (including phenoxy) is 1. The fraction of sp³-hybridized carbons (Fsp3) is 0.586. The summed E-state index contributed by atoms with van der Waals surface area (Å²) in [6.45, 7) is 25.4. The Labute approximate surface area is 206 Å². The van der Waals surface area contributed by atoms with Crippen molar-refractivity contribution in [1.29, 1.82) is 0 Å². The zero-order valence-corrected chi connectivity index (χ0v) is 23.3. The number of nitrogens with zero attached hydrogens (tertiary/aromatic N) is 2. The molecule has 0 spiro atoms. The van der Waals surface area contributed by atoms with Crippen molar-refractivity contribution in [2.45, 2.75) is 75.7 Å². The summed E-state index contributed by atoms with van der Waals surface area (Å²) in [7, 11) is 0. The first-order chi connectivity index (χ1) is 16.0. The quantitative estimate of drug-likeness (QED) is 0.469. The summed E-state index contributed by atoms with van der Waals surface area (Å²) in [6, 6.07) is 16.6. The maximum atomic E-state index is 5.78. The van der Waals surface area contributed by atoms with Gasteiger partial charge in [0.05, 0.1) is 6.61 Å². The Morgan fingerprint density at radius 3 is 1.42 bits per heavy atom. The number of nitrogen functional groups attached to an aromatic ring is 1. The van der Waals surface area contributed by atoms with Crippen LogP contribution in [0.2, 0.25) is 0 Å². The van der Waals surface area contributed by atoms with Gasteiger partial charge in [0.2, 0.25) is 0 Å². The second-order valence-corrected chi connectivity index (χ2v) is 7.58. The van der Waals surface area contributed by atoms with Gasteiger partial charge < -0.3 is 20.3 Å². The Bertz CT molecular complexity index is 651. The number of hydrogen-bond acceptors (Lipinski definition) is 4. The highest BCUT2D eigenvalue weighted by Crippen LogP contribution is 2.23. The highest BCUT2D eigenvalue weighted by atomic mass is 16.5. The minimum atomic E-state index is 0.708. The van der Waals surface area contributed by atoms with Gasteiger partial charge in [-0.05, 0) is 67.8 Å². The molecule has 1 fully saturated rings. The second-order valence-electron chi connectivity index (χ2n) is 7.58. The third kappa shape index (κ3) is 14.4. The summed E-state index contributed by atoms with van der Waals surface area (Å²) < 4.78 is 5.52. The van der Waals surface area contributed by atoms with E-state index in [4.69, 9.17) is 10.5 Å². The second kappa shape index (κ2) is 21.5. The maximum Gasteiger partial charge on any atom is 0.119 e. The summed E-state index contributed by atoms with van der Waals surface area (Å²) in [5.74, 6) is 1.77. The van der Waals surface area contributed by atoms with Crippen LogP contribution in [0.4, 0.5) is 17.1 Å². The zero-order chi connectivity index (χ0) is 25.6. The molecule has 0 unspecified atom stereocenters. The Kier molecular flexibility index (Phi) is 21.4. The van der Waals surface area contributed by atoms with Crippen LogP contribution >= 0.6 is 0 Å². The van der Waals surface area contributed by atoms with Crippen LogP contribution in [0.1, 0.15) is 75.7 Å². The molecule has 3 rings (SSSR count). The van der Waals surface area contributed by atoms with Gasteiger partial charge in [-0.15, -0.1) is 0 Å². The van der Waals surface area contributed by atoms with E-state index in [-0.39, 0.29) is 0 Å². The number of benzene rings is 2. The van der Waals surface area contributed by atoms with E-state index < -0.39 is 0 Å². The standard InChI is InChI=1S/C19H25N3O.C4H10.3C2H6/c1-2-23-19-10-8-18(9-11-19)22-13-3-12-21(14-15-22)17-6-4-16(20)5-7-17;1-4(2)3;3*1-2/h4-11H,2-3,12-15,20H2,1H3;4H,1-3H3;3*1-2H3. The molecule has 4 nitrogen and oxygen atoms in total. The van der Waals surface area contributed by atoms with Gasteiger partial charge in [-0.25, -0.2) is 0 Å². The highest BCUT2D eigenvalue weighted by molar-refractivity contribution is 5.54. The van der Waals surface area contributed by atoms with E-state index in [1.54, 1.807) is 0 Å². The largest absolute Gasteiger partial charge is 0.494 e. The molecule has 0 amide bonds. The molecule has 33 heavy (non-hydrogen) atoms. The molecule has 0 atom stereocenters. The number of nitrogens with two attached hydrogens (primary N) is 1. The first kappa shape index (κ1) is 32.8. The lowest BCUT2D eigenvalue weighted by molar-refractivity contribution is 0.340. The van der Waals surface area contributed by atoms with Gasteiger partial charge in [0.1, 0.15) is 5.75 Å². The lowest BCUT2D eigenvalue weighted by Gasteiger charge is -2.25. The zero-order valence-electron chi connectivity index (χ0n) is 23.3. The lowest BCUT2D eigenvalue weighted by Crippen LogP contribution is -2.30. The van der Waals surface area contributed by atoms with E-state index in [2.05, 4.69) is 67.0 Å². The summed E-state index contributed by atoms with van der Waals surface area (Å²) in [5, 5.41) is 0. The molecule has 2 aromatic carbocycles. The van der Waals surface area contributed by atoms with E-state index in [1.807, 2.05) is 60.6 Å². The van der Waals surface area contributed by atoms with Gasteiger partial charge in [-0.3, -0.25) is 0 Å². The molecule has 0 aromatic heterocycles. The molecule has 2 aromatic rings.